The molecule has 2 aromatic carbocycles. The highest BCUT2D eigenvalue weighted by Gasteiger charge is 2.20. The summed E-state index contributed by atoms with van der Waals surface area (Å²) in [6.07, 6.45) is 0. The van der Waals surface area contributed by atoms with E-state index < -0.39 is 34.3 Å². The van der Waals surface area contributed by atoms with E-state index in [0.29, 0.717) is 0 Å². The summed E-state index contributed by atoms with van der Waals surface area (Å²) >= 11 is 0. The number of para-hydroxylation sites is 1. The molecule has 0 heterocycles. The molecule has 0 unspecified atom stereocenters. The number of amides is 1. The number of carbonyl (C=O) groups is 2. The summed E-state index contributed by atoms with van der Waals surface area (Å²) in [4.78, 5) is 24.8. The van der Waals surface area contributed by atoms with Crippen molar-refractivity contribution in [1.82, 2.24) is 4.90 Å². The fourth-order valence-corrected chi connectivity index (χ4v) is 2.98. The highest BCUT2D eigenvalue weighted by molar-refractivity contribution is 7.92. The third-order valence-electron chi connectivity index (χ3n) is 3.34. The molecule has 0 atom stereocenters. The molecule has 0 fully saturated rings. The molecule has 0 saturated heterocycles. The first-order valence-corrected chi connectivity index (χ1v) is 8.94. The predicted molar refractivity (Wildman–Crippen MR) is 92.6 cm³/mol. The molecule has 9 heteroatoms. The summed E-state index contributed by atoms with van der Waals surface area (Å²) < 4.78 is 44.9. The van der Waals surface area contributed by atoms with Gasteiger partial charge in [0.05, 0.1) is 16.1 Å². The molecule has 138 valence electrons. The maximum Gasteiger partial charge on any atom is 0.340 e. The molecule has 26 heavy (non-hydrogen) atoms. The molecule has 0 bridgehead atoms. The smallest absolute Gasteiger partial charge is 0.340 e. The first-order chi connectivity index (χ1) is 12.2. The van der Waals surface area contributed by atoms with Crippen LogP contribution in [0.2, 0.25) is 0 Å². The largest absolute Gasteiger partial charge is 0.452 e. The van der Waals surface area contributed by atoms with Crippen LogP contribution in [-0.4, -0.2) is 45.9 Å². The van der Waals surface area contributed by atoms with Crippen LogP contribution >= 0.6 is 0 Å². The normalized spacial score (nSPS) is 10.9. The number of esters is 1. The SMILES string of the molecule is CN(C)C(=O)COC(=O)c1ccccc1NS(=O)(=O)c1ccc(F)cc1. The van der Waals surface area contributed by atoms with Gasteiger partial charge in [0.25, 0.3) is 15.9 Å². The highest BCUT2D eigenvalue weighted by Crippen LogP contribution is 2.21. The van der Waals surface area contributed by atoms with E-state index in [1.807, 2.05) is 0 Å². The van der Waals surface area contributed by atoms with Crippen LogP contribution in [0.15, 0.2) is 53.4 Å². The lowest BCUT2D eigenvalue weighted by molar-refractivity contribution is -0.131. The second-order valence-corrected chi connectivity index (χ2v) is 7.15. The number of nitrogens with zero attached hydrogens (tertiary/aromatic N) is 1. The molecule has 1 amide bonds. The van der Waals surface area contributed by atoms with Crippen LogP contribution in [-0.2, 0) is 19.6 Å². The molecule has 2 rings (SSSR count). The van der Waals surface area contributed by atoms with Crippen molar-refractivity contribution in [3.63, 3.8) is 0 Å². The van der Waals surface area contributed by atoms with E-state index in [4.69, 9.17) is 4.74 Å². The van der Waals surface area contributed by atoms with Crippen molar-refractivity contribution in [1.29, 1.82) is 0 Å². The molecule has 0 aromatic heterocycles. The second kappa shape index (κ2) is 7.96. The average Bonchev–Trinajstić information content (AvgIpc) is 2.59. The van der Waals surface area contributed by atoms with Crippen molar-refractivity contribution >= 4 is 27.6 Å². The fraction of sp³-hybridized carbons (Fsp3) is 0.176. The number of rotatable bonds is 6. The number of carbonyl (C=O) groups excluding carboxylic acids is 2. The van der Waals surface area contributed by atoms with Gasteiger partial charge in [-0.1, -0.05) is 12.1 Å². The Bertz CT molecular complexity index is 911. The van der Waals surface area contributed by atoms with E-state index in [1.54, 1.807) is 0 Å². The maximum atomic E-state index is 13.0. The number of nitrogens with one attached hydrogen (secondary N) is 1. The van der Waals surface area contributed by atoms with Gasteiger partial charge in [0, 0.05) is 14.1 Å². The zero-order chi connectivity index (χ0) is 19.3. The summed E-state index contributed by atoms with van der Waals surface area (Å²) in [5, 5.41) is 0. The van der Waals surface area contributed by atoms with Gasteiger partial charge in [-0.3, -0.25) is 9.52 Å². The summed E-state index contributed by atoms with van der Waals surface area (Å²) in [6, 6.07) is 10.0. The molecule has 0 aliphatic rings. The van der Waals surface area contributed by atoms with E-state index in [9.17, 15) is 22.4 Å². The van der Waals surface area contributed by atoms with Crippen molar-refractivity contribution < 1.29 is 27.1 Å². The Balaban J connectivity index is 2.22. The maximum absolute atomic E-state index is 13.0. The highest BCUT2D eigenvalue weighted by atomic mass is 32.2. The van der Waals surface area contributed by atoms with Crippen molar-refractivity contribution in [2.45, 2.75) is 4.90 Å². The van der Waals surface area contributed by atoms with E-state index in [1.165, 1.54) is 43.3 Å². The summed E-state index contributed by atoms with van der Waals surface area (Å²) in [5.41, 5.74) is -0.0659. The Morgan fingerprint density at radius 3 is 2.31 bits per heavy atom. The Labute approximate surface area is 150 Å². The number of hydrogen-bond donors (Lipinski definition) is 1. The van der Waals surface area contributed by atoms with Gasteiger partial charge in [-0.05, 0) is 36.4 Å². The van der Waals surface area contributed by atoms with Crippen LogP contribution in [0.3, 0.4) is 0 Å². The fourth-order valence-electron chi connectivity index (χ4n) is 1.90. The lowest BCUT2D eigenvalue weighted by Gasteiger charge is -2.13. The molecule has 0 aliphatic carbocycles. The van der Waals surface area contributed by atoms with E-state index >= 15 is 0 Å². The van der Waals surface area contributed by atoms with Crippen molar-refractivity contribution in [3.05, 3.63) is 59.9 Å². The molecule has 7 nitrogen and oxygen atoms in total. The lowest BCUT2D eigenvalue weighted by atomic mass is 10.2. The van der Waals surface area contributed by atoms with Crippen LogP contribution in [0.1, 0.15) is 10.4 Å². The topological polar surface area (TPSA) is 92.8 Å². The van der Waals surface area contributed by atoms with Gasteiger partial charge in [-0.25, -0.2) is 17.6 Å². The summed E-state index contributed by atoms with van der Waals surface area (Å²) in [5.74, 6) is -1.83. The Hall–Kier alpha value is -2.94. The van der Waals surface area contributed by atoms with Crippen LogP contribution in [0.25, 0.3) is 0 Å². The number of hydrogen-bond acceptors (Lipinski definition) is 5. The molecule has 0 saturated carbocycles. The third-order valence-corrected chi connectivity index (χ3v) is 4.72. The molecule has 2 aromatic rings. The molecule has 1 N–H and O–H groups in total. The zero-order valence-electron chi connectivity index (χ0n) is 14.1. The van der Waals surface area contributed by atoms with Crippen molar-refractivity contribution in [2.75, 3.05) is 25.4 Å². The van der Waals surface area contributed by atoms with Crippen LogP contribution in [0, 0.1) is 5.82 Å². The van der Waals surface area contributed by atoms with Crippen LogP contribution in [0.4, 0.5) is 10.1 Å². The minimum absolute atomic E-state index is 0.0147. The first-order valence-electron chi connectivity index (χ1n) is 7.45. The van der Waals surface area contributed by atoms with E-state index in [0.717, 1.165) is 24.3 Å². The molecule has 0 aliphatic heterocycles. The lowest BCUT2D eigenvalue weighted by Crippen LogP contribution is -2.27. The van der Waals surface area contributed by atoms with Gasteiger partial charge in [-0.15, -0.1) is 0 Å². The van der Waals surface area contributed by atoms with Crippen LogP contribution in [0.5, 0.6) is 0 Å². The van der Waals surface area contributed by atoms with Crippen molar-refractivity contribution in [2.24, 2.45) is 0 Å². The number of ether oxygens (including phenoxy) is 1. The Morgan fingerprint density at radius 2 is 1.69 bits per heavy atom. The zero-order valence-corrected chi connectivity index (χ0v) is 14.9. The van der Waals surface area contributed by atoms with Gasteiger partial charge in [0.1, 0.15) is 5.82 Å². The molecular formula is C17H17FN2O5S. The second-order valence-electron chi connectivity index (χ2n) is 5.47. The van der Waals surface area contributed by atoms with Gasteiger partial charge < -0.3 is 9.64 Å². The summed E-state index contributed by atoms with van der Waals surface area (Å²) in [7, 11) is -1.00. The Kier molecular flexibility index (Phi) is 5.93. The predicted octanol–water partition coefficient (Wildman–Crippen LogP) is 1.87. The van der Waals surface area contributed by atoms with Gasteiger partial charge in [0.15, 0.2) is 6.61 Å². The van der Waals surface area contributed by atoms with Gasteiger partial charge >= 0.3 is 5.97 Å². The standard InChI is InChI=1S/C17H17FN2O5S/c1-20(2)16(21)11-25-17(22)14-5-3-4-6-15(14)19-26(23,24)13-9-7-12(18)8-10-13/h3-10,19H,11H2,1-2H3. The molecule has 0 spiro atoms. The summed E-state index contributed by atoms with van der Waals surface area (Å²) in [6.45, 7) is -0.467. The monoisotopic (exact) mass is 380 g/mol. The minimum atomic E-state index is -4.03. The number of likely N-dealkylation sites (N-methyl/N-ethyl adjacent to an activating group) is 1. The number of halogens is 1. The van der Waals surface area contributed by atoms with Crippen LogP contribution < -0.4 is 4.72 Å². The Morgan fingerprint density at radius 1 is 1.08 bits per heavy atom. The first kappa shape index (κ1) is 19.4. The number of anilines is 1. The molecular weight excluding hydrogens is 363 g/mol. The number of sulfonamides is 1. The number of benzene rings is 2. The van der Waals surface area contributed by atoms with Crippen molar-refractivity contribution in [3.8, 4) is 0 Å². The quantitative estimate of drug-likeness (QED) is 0.773. The average molecular weight is 380 g/mol. The van der Waals surface area contributed by atoms with Gasteiger partial charge in [-0.2, -0.15) is 0 Å². The van der Waals surface area contributed by atoms with Gasteiger partial charge in [0.2, 0.25) is 0 Å². The van der Waals surface area contributed by atoms with E-state index in [2.05, 4.69) is 4.72 Å². The minimum Gasteiger partial charge on any atom is -0.452 e. The third kappa shape index (κ3) is 4.79. The van der Waals surface area contributed by atoms with E-state index in [-0.39, 0.29) is 16.1 Å². The molecule has 0 radical (unpaired) electrons.